The Morgan fingerprint density at radius 2 is 1.75 bits per heavy atom. The Balaban J connectivity index is 1.90. The van der Waals surface area contributed by atoms with E-state index in [2.05, 4.69) is 15.4 Å². The van der Waals surface area contributed by atoms with Crippen LogP contribution in [0.5, 0.6) is 0 Å². The van der Waals surface area contributed by atoms with E-state index in [9.17, 15) is 13.2 Å². The number of nitrogens with one attached hydrogen (secondary N) is 3. The molecule has 1 atom stereocenters. The summed E-state index contributed by atoms with van der Waals surface area (Å²) in [6, 6.07) is 10.6. The van der Waals surface area contributed by atoms with Crippen molar-refractivity contribution in [1.29, 1.82) is 0 Å². The summed E-state index contributed by atoms with van der Waals surface area (Å²) >= 11 is 0. The van der Waals surface area contributed by atoms with Gasteiger partial charge in [-0.2, -0.15) is 4.72 Å². The van der Waals surface area contributed by atoms with E-state index in [-0.39, 0.29) is 4.90 Å². The van der Waals surface area contributed by atoms with E-state index in [4.69, 9.17) is 0 Å². The maximum atomic E-state index is 12.6. The Kier molecular flexibility index (Phi) is 4.06. The molecule has 0 spiro atoms. The molecule has 0 aliphatic carbocycles. The molecular formula is C17H19N3O3S. The molecule has 6 nitrogen and oxygen atoms in total. The molecule has 3 rings (SSSR count). The minimum Gasteiger partial charge on any atom is -0.360 e. The summed E-state index contributed by atoms with van der Waals surface area (Å²) in [5.41, 5.74) is 3.86. The molecule has 24 heavy (non-hydrogen) atoms. The molecule has 1 heterocycles. The second-order valence-electron chi connectivity index (χ2n) is 5.95. The first-order valence-corrected chi connectivity index (χ1v) is 9.03. The van der Waals surface area contributed by atoms with E-state index in [0.717, 1.165) is 16.7 Å². The summed E-state index contributed by atoms with van der Waals surface area (Å²) in [7, 11) is -3.74. The van der Waals surface area contributed by atoms with Crippen LogP contribution in [0.1, 0.15) is 16.7 Å². The van der Waals surface area contributed by atoms with Crippen molar-refractivity contribution in [3.05, 3.63) is 53.1 Å². The zero-order chi connectivity index (χ0) is 17.5. The zero-order valence-corrected chi connectivity index (χ0v) is 14.5. The number of hydrogen-bond acceptors (Lipinski definition) is 4. The number of sulfonamides is 1. The van der Waals surface area contributed by atoms with Crippen molar-refractivity contribution in [3.63, 3.8) is 0 Å². The van der Waals surface area contributed by atoms with Crippen molar-refractivity contribution in [2.75, 3.05) is 10.6 Å². The van der Waals surface area contributed by atoms with Gasteiger partial charge in [-0.1, -0.05) is 24.3 Å². The van der Waals surface area contributed by atoms with Gasteiger partial charge in [0.1, 0.15) is 4.90 Å². The predicted octanol–water partition coefficient (Wildman–Crippen LogP) is 2.28. The molecule has 7 heteroatoms. The first-order valence-electron chi connectivity index (χ1n) is 7.54. The fraction of sp³-hybridized carbons (Fsp3) is 0.235. The summed E-state index contributed by atoms with van der Waals surface area (Å²) in [6.45, 7) is 5.64. The standard InChI is InChI=1S/C17H19N3O3S/c1-10-7-8-14-13(9-10)18-16(20-24(14,22)23)17(21)19-15-11(2)5-4-6-12(15)3/h4-9,16,18,20H,1-3H3,(H,19,21). The van der Waals surface area contributed by atoms with Crippen LogP contribution < -0.4 is 15.4 Å². The molecule has 0 aromatic heterocycles. The Morgan fingerprint density at radius 3 is 2.42 bits per heavy atom. The Morgan fingerprint density at radius 1 is 1.08 bits per heavy atom. The molecule has 0 saturated carbocycles. The molecule has 3 N–H and O–H groups in total. The lowest BCUT2D eigenvalue weighted by atomic mass is 10.1. The average molecular weight is 345 g/mol. The van der Waals surface area contributed by atoms with Gasteiger partial charge in [-0.3, -0.25) is 4.79 Å². The highest BCUT2D eigenvalue weighted by molar-refractivity contribution is 7.89. The molecular weight excluding hydrogens is 326 g/mol. The van der Waals surface area contributed by atoms with Gasteiger partial charge in [0, 0.05) is 5.69 Å². The van der Waals surface area contributed by atoms with Gasteiger partial charge in [-0.15, -0.1) is 0 Å². The Hall–Kier alpha value is -2.38. The van der Waals surface area contributed by atoms with Crippen molar-refractivity contribution in [2.45, 2.75) is 31.8 Å². The van der Waals surface area contributed by atoms with Gasteiger partial charge in [-0.25, -0.2) is 8.42 Å². The molecule has 0 bridgehead atoms. The van der Waals surface area contributed by atoms with Gasteiger partial charge >= 0.3 is 0 Å². The quantitative estimate of drug-likeness (QED) is 0.779. The van der Waals surface area contributed by atoms with E-state index in [0.29, 0.717) is 11.4 Å². The van der Waals surface area contributed by atoms with E-state index >= 15 is 0 Å². The Labute approximate surface area is 141 Å². The van der Waals surface area contributed by atoms with Crippen LogP contribution in [0.4, 0.5) is 11.4 Å². The summed E-state index contributed by atoms with van der Waals surface area (Å²) in [5.74, 6) is -0.455. The van der Waals surface area contributed by atoms with Crippen LogP contribution in [-0.4, -0.2) is 20.5 Å². The number of carbonyl (C=O) groups is 1. The first-order chi connectivity index (χ1) is 11.3. The smallest absolute Gasteiger partial charge is 0.262 e. The highest BCUT2D eigenvalue weighted by Crippen LogP contribution is 2.27. The fourth-order valence-corrected chi connectivity index (χ4v) is 3.98. The molecule has 2 aromatic carbocycles. The van der Waals surface area contributed by atoms with Crippen molar-refractivity contribution in [2.24, 2.45) is 0 Å². The first kappa shape index (κ1) is 16.5. The highest BCUT2D eigenvalue weighted by Gasteiger charge is 2.33. The number of benzene rings is 2. The average Bonchev–Trinajstić information content (AvgIpc) is 2.49. The second-order valence-corrected chi connectivity index (χ2v) is 7.64. The molecule has 0 saturated heterocycles. The number of amides is 1. The van der Waals surface area contributed by atoms with Gasteiger partial charge in [0.05, 0.1) is 5.69 Å². The van der Waals surface area contributed by atoms with Gasteiger partial charge in [0.2, 0.25) is 10.0 Å². The molecule has 0 radical (unpaired) electrons. The van der Waals surface area contributed by atoms with Gasteiger partial charge < -0.3 is 10.6 Å². The van der Waals surface area contributed by atoms with Crippen molar-refractivity contribution < 1.29 is 13.2 Å². The topological polar surface area (TPSA) is 87.3 Å². The van der Waals surface area contributed by atoms with Crippen LogP contribution in [-0.2, 0) is 14.8 Å². The van der Waals surface area contributed by atoms with Gasteiger partial charge in [0.15, 0.2) is 6.17 Å². The summed E-state index contributed by atoms with van der Waals surface area (Å²) in [5, 5.41) is 5.75. The van der Waals surface area contributed by atoms with Crippen molar-refractivity contribution in [3.8, 4) is 0 Å². The SMILES string of the molecule is Cc1ccc2c(c1)NC(C(=O)Nc1c(C)cccc1C)NS2(=O)=O. The van der Waals surface area contributed by atoms with Crippen molar-refractivity contribution >= 4 is 27.3 Å². The number of carbonyl (C=O) groups excluding carboxylic acids is 1. The maximum absolute atomic E-state index is 12.6. The number of anilines is 2. The number of rotatable bonds is 2. The molecule has 1 amide bonds. The zero-order valence-electron chi connectivity index (χ0n) is 13.7. The second kappa shape index (κ2) is 5.92. The van der Waals surface area contributed by atoms with Crippen LogP contribution in [0.15, 0.2) is 41.3 Å². The number of fused-ring (bicyclic) bond motifs is 1. The largest absolute Gasteiger partial charge is 0.360 e. The minimum absolute atomic E-state index is 0.143. The molecule has 126 valence electrons. The van der Waals surface area contributed by atoms with Crippen LogP contribution in [0.2, 0.25) is 0 Å². The summed E-state index contributed by atoms with van der Waals surface area (Å²) in [6.07, 6.45) is -1.07. The molecule has 1 aliphatic rings. The minimum atomic E-state index is -3.74. The lowest BCUT2D eigenvalue weighted by Gasteiger charge is -2.27. The van der Waals surface area contributed by atoms with Crippen LogP contribution >= 0.6 is 0 Å². The lowest BCUT2D eigenvalue weighted by Crippen LogP contribution is -2.51. The van der Waals surface area contributed by atoms with Crippen LogP contribution in [0, 0.1) is 20.8 Å². The van der Waals surface area contributed by atoms with Gasteiger partial charge in [-0.05, 0) is 49.6 Å². The van der Waals surface area contributed by atoms with E-state index < -0.39 is 22.1 Å². The predicted molar refractivity (Wildman–Crippen MR) is 93.5 cm³/mol. The third-order valence-electron chi connectivity index (χ3n) is 3.99. The number of para-hydroxylation sites is 1. The summed E-state index contributed by atoms with van der Waals surface area (Å²) < 4.78 is 27.1. The number of hydrogen-bond donors (Lipinski definition) is 3. The summed E-state index contributed by atoms with van der Waals surface area (Å²) in [4.78, 5) is 12.7. The fourth-order valence-electron chi connectivity index (χ4n) is 2.72. The molecule has 2 aromatic rings. The molecule has 1 aliphatic heterocycles. The van der Waals surface area contributed by atoms with Gasteiger partial charge in [0.25, 0.3) is 5.91 Å². The highest BCUT2D eigenvalue weighted by atomic mass is 32.2. The number of aryl methyl sites for hydroxylation is 3. The normalized spacial score (nSPS) is 18.4. The molecule has 0 fully saturated rings. The maximum Gasteiger partial charge on any atom is 0.262 e. The Bertz CT molecular complexity index is 902. The monoisotopic (exact) mass is 345 g/mol. The third-order valence-corrected chi connectivity index (χ3v) is 5.47. The lowest BCUT2D eigenvalue weighted by molar-refractivity contribution is -0.117. The van der Waals surface area contributed by atoms with Crippen LogP contribution in [0.3, 0.4) is 0 Å². The van der Waals surface area contributed by atoms with E-state index in [1.807, 2.05) is 39.0 Å². The van der Waals surface area contributed by atoms with E-state index in [1.54, 1.807) is 12.1 Å². The van der Waals surface area contributed by atoms with Crippen molar-refractivity contribution in [1.82, 2.24) is 4.72 Å². The third kappa shape index (κ3) is 3.00. The van der Waals surface area contributed by atoms with E-state index in [1.165, 1.54) is 6.07 Å². The van der Waals surface area contributed by atoms with Crippen LogP contribution in [0.25, 0.3) is 0 Å². The molecule has 1 unspecified atom stereocenters.